The molecule has 1 aliphatic rings. The van der Waals surface area contributed by atoms with Gasteiger partial charge in [-0.25, -0.2) is 8.42 Å². The summed E-state index contributed by atoms with van der Waals surface area (Å²) in [5, 5.41) is 14.9. The second kappa shape index (κ2) is 6.23. The van der Waals surface area contributed by atoms with Crippen LogP contribution in [0.4, 0.5) is 11.4 Å². The van der Waals surface area contributed by atoms with Crippen LogP contribution in [0.5, 0.6) is 0 Å². The fraction of sp³-hybridized carbons (Fsp3) is 0.200. The van der Waals surface area contributed by atoms with E-state index in [0.717, 1.165) is 18.6 Å². The molecule has 0 bridgehead atoms. The summed E-state index contributed by atoms with van der Waals surface area (Å²) >= 11 is 11.9. The lowest BCUT2D eigenvalue weighted by molar-refractivity contribution is -0.387. The van der Waals surface area contributed by atoms with E-state index in [0.29, 0.717) is 29.2 Å². The molecule has 9 heteroatoms. The summed E-state index contributed by atoms with van der Waals surface area (Å²) in [5.41, 5.74) is 0.570. The van der Waals surface area contributed by atoms with Crippen molar-refractivity contribution < 1.29 is 13.3 Å². The highest BCUT2D eigenvalue weighted by Gasteiger charge is 2.31. The quantitative estimate of drug-likeness (QED) is 0.633. The Morgan fingerprint density at radius 1 is 1.12 bits per heavy atom. The van der Waals surface area contributed by atoms with Crippen molar-refractivity contribution in [1.29, 1.82) is 0 Å². The maximum atomic E-state index is 13.0. The van der Waals surface area contributed by atoms with Gasteiger partial charge in [0, 0.05) is 22.7 Å². The molecule has 0 saturated heterocycles. The maximum Gasteiger partial charge on any atom is 0.289 e. The largest absolute Gasteiger partial charge is 0.384 e. The van der Waals surface area contributed by atoms with Gasteiger partial charge < -0.3 is 5.32 Å². The van der Waals surface area contributed by atoms with Gasteiger partial charge in [-0.2, -0.15) is 0 Å². The summed E-state index contributed by atoms with van der Waals surface area (Å²) in [7, 11) is -4.11. The number of benzene rings is 2. The fourth-order valence-corrected chi connectivity index (χ4v) is 4.74. The molecule has 0 spiro atoms. The van der Waals surface area contributed by atoms with Crippen LogP contribution in [-0.4, -0.2) is 19.9 Å². The van der Waals surface area contributed by atoms with Gasteiger partial charge in [0.2, 0.25) is 9.84 Å². The van der Waals surface area contributed by atoms with Crippen molar-refractivity contribution in [2.45, 2.75) is 22.6 Å². The van der Waals surface area contributed by atoms with E-state index < -0.39 is 25.3 Å². The molecular weight excluding hydrogens is 375 g/mol. The van der Waals surface area contributed by atoms with E-state index in [1.807, 2.05) is 0 Å². The lowest BCUT2D eigenvalue weighted by atomic mass is 10.0. The van der Waals surface area contributed by atoms with E-state index in [-0.39, 0.29) is 9.92 Å². The first kappa shape index (κ1) is 17.0. The van der Waals surface area contributed by atoms with Crippen LogP contribution < -0.4 is 5.32 Å². The van der Waals surface area contributed by atoms with E-state index in [1.165, 1.54) is 18.2 Å². The predicted molar refractivity (Wildman–Crippen MR) is 91.8 cm³/mol. The second-order valence-electron chi connectivity index (χ2n) is 5.30. The zero-order valence-electron chi connectivity index (χ0n) is 12.3. The third kappa shape index (κ3) is 2.83. The number of nitro groups is 1. The number of hydrogen-bond donors (Lipinski definition) is 1. The van der Waals surface area contributed by atoms with Crippen LogP contribution in [-0.2, 0) is 16.3 Å². The van der Waals surface area contributed by atoms with Gasteiger partial charge in [0.15, 0.2) is 0 Å². The average Bonchev–Trinajstić information content (AvgIpc) is 2.54. The number of nitrogens with zero attached hydrogens (tertiary/aromatic N) is 1. The lowest BCUT2D eigenvalue weighted by Gasteiger charge is -2.22. The van der Waals surface area contributed by atoms with Crippen LogP contribution in [0.25, 0.3) is 0 Å². The maximum absolute atomic E-state index is 13.0. The molecule has 2 aromatic rings. The van der Waals surface area contributed by atoms with Crippen LogP contribution in [0.2, 0.25) is 10.0 Å². The van der Waals surface area contributed by atoms with Gasteiger partial charge in [0.25, 0.3) is 5.69 Å². The minimum absolute atomic E-state index is 0.0213. The van der Waals surface area contributed by atoms with Crippen molar-refractivity contribution in [3.63, 3.8) is 0 Å². The van der Waals surface area contributed by atoms with E-state index in [9.17, 15) is 18.5 Å². The van der Waals surface area contributed by atoms with Gasteiger partial charge in [0.05, 0.1) is 15.5 Å². The number of anilines is 1. The van der Waals surface area contributed by atoms with Gasteiger partial charge in [-0.1, -0.05) is 23.2 Å². The van der Waals surface area contributed by atoms with E-state index in [1.54, 1.807) is 0 Å². The second-order valence-corrected chi connectivity index (χ2v) is 8.03. The van der Waals surface area contributed by atoms with Crippen LogP contribution in [0.15, 0.2) is 40.1 Å². The minimum atomic E-state index is -4.11. The van der Waals surface area contributed by atoms with Crippen molar-refractivity contribution in [3.8, 4) is 0 Å². The third-order valence-electron chi connectivity index (χ3n) is 3.82. The number of hydrogen-bond acceptors (Lipinski definition) is 5. The molecule has 0 saturated carbocycles. The number of nitrogens with one attached hydrogen (secondary N) is 1. The van der Waals surface area contributed by atoms with E-state index >= 15 is 0 Å². The SMILES string of the molecule is O=[N+]([O-])c1cc(Cl)ccc1S(=O)(=O)c1ccc(Cl)c2c1NCCC2. The first-order chi connectivity index (χ1) is 11.3. The summed E-state index contributed by atoms with van der Waals surface area (Å²) in [5.74, 6) is 0. The van der Waals surface area contributed by atoms with Gasteiger partial charge in [-0.05, 0) is 42.7 Å². The smallest absolute Gasteiger partial charge is 0.289 e. The number of sulfone groups is 1. The molecule has 126 valence electrons. The molecular formula is C15H12Cl2N2O4S. The number of halogens is 2. The Balaban J connectivity index is 2.26. The van der Waals surface area contributed by atoms with E-state index in [4.69, 9.17) is 23.2 Å². The average molecular weight is 387 g/mol. The van der Waals surface area contributed by atoms with Gasteiger partial charge in [-0.3, -0.25) is 10.1 Å². The molecule has 0 fully saturated rings. The highest BCUT2D eigenvalue weighted by atomic mass is 35.5. The lowest BCUT2D eigenvalue weighted by Crippen LogP contribution is -2.17. The molecule has 0 aliphatic carbocycles. The molecule has 6 nitrogen and oxygen atoms in total. The Morgan fingerprint density at radius 3 is 2.54 bits per heavy atom. The summed E-state index contributed by atoms with van der Waals surface area (Å²) in [4.78, 5) is 10.1. The monoisotopic (exact) mass is 386 g/mol. The molecule has 2 aromatic carbocycles. The van der Waals surface area contributed by atoms with E-state index in [2.05, 4.69) is 5.32 Å². The normalized spacial score (nSPS) is 13.9. The Hall–Kier alpha value is -1.83. The zero-order chi connectivity index (χ0) is 17.5. The zero-order valence-corrected chi connectivity index (χ0v) is 14.6. The Morgan fingerprint density at radius 2 is 1.83 bits per heavy atom. The minimum Gasteiger partial charge on any atom is -0.384 e. The first-order valence-electron chi connectivity index (χ1n) is 7.06. The third-order valence-corrected chi connectivity index (χ3v) is 6.25. The summed E-state index contributed by atoms with van der Waals surface area (Å²) < 4.78 is 26.0. The van der Waals surface area contributed by atoms with Crippen molar-refractivity contribution in [2.75, 3.05) is 11.9 Å². The standard InChI is InChI=1S/C15H12Cl2N2O4S/c16-9-3-5-13(12(8-9)19(20)21)24(22,23)14-6-4-11(17)10-2-1-7-18-15(10)14/h3-6,8,18H,1-2,7H2. The molecule has 24 heavy (non-hydrogen) atoms. The van der Waals surface area contributed by atoms with Crippen molar-refractivity contribution in [2.24, 2.45) is 0 Å². The molecule has 0 radical (unpaired) electrons. The number of rotatable bonds is 3. The molecule has 1 heterocycles. The topological polar surface area (TPSA) is 89.3 Å². The molecule has 0 unspecified atom stereocenters. The van der Waals surface area contributed by atoms with Gasteiger partial charge >= 0.3 is 0 Å². The van der Waals surface area contributed by atoms with Crippen LogP contribution in [0.1, 0.15) is 12.0 Å². The van der Waals surface area contributed by atoms with Gasteiger partial charge in [-0.15, -0.1) is 0 Å². The number of nitro benzene ring substituents is 1. The number of fused-ring (bicyclic) bond motifs is 1. The first-order valence-corrected chi connectivity index (χ1v) is 9.30. The molecule has 0 aromatic heterocycles. The fourth-order valence-electron chi connectivity index (χ4n) is 2.72. The molecule has 3 rings (SSSR count). The highest BCUT2D eigenvalue weighted by molar-refractivity contribution is 7.91. The van der Waals surface area contributed by atoms with Crippen molar-refractivity contribution in [1.82, 2.24) is 0 Å². The molecule has 1 aliphatic heterocycles. The molecule has 0 atom stereocenters. The molecule has 1 N–H and O–H groups in total. The summed E-state index contributed by atoms with van der Waals surface area (Å²) in [6.45, 7) is 0.610. The van der Waals surface area contributed by atoms with Crippen molar-refractivity contribution in [3.05, 3.63) is 56.1 Å². The molecule has 0 amide bonds. The van der Waals surface area contributed by atoms with Crippen LogP contribution >= 0.6 is 23.2 Å². The Labute approximate surface area is 148 Å². The summed E-state index contributed by atoms with van der Waals surface area (Å²) in [6, 6.07) is 6.37. The summed E-state index contributed by atoms with van der Waals surface area (Å²) in [6.07, 6.45) is 1.48. The highest BCUT2D eigenvalue weighted by Crippen LogP contribution is 2.39. The predicted octanol–water partition coefficient (Wildman–Crippen LogP) is 4.09. The van der Waals surface area contributed by atoms with Crippen molar-refractivity contribution >= 4 is 44.4 Å². The van der Waals surface area contributed by atoms with Crippen LogP contribution in [0, 0.1) is 10.1 Å². The van der Waals surface area contributed by atoms with Crippen LogP contribution in [0.3, 0.4) is 0 Å². The Kier molecular flexibility index (Phi) is 4.42. The Bertz CT molecular complexity index is 945. The van der Waals surface area contributed by atoms with Gasteiger partial charge in [0.1, 0.15) is 4.90 Å².